The molecular formula is C14H16N2O5S. The minimum Gasteiger partial charge on any atom is -0.465 e. The number of ether oxygens (including phenoxy) is 1. The quantitative estimate of drug-likeness (QED) is 0.866. The second-order valence-corrected chi connectivity index (χ2v) is 6.40. The Hall–Kier alpha value is -2.35. The number of rotatable bonds is 4. The maximum Gasteiger partial charge on any atom is 0.337 e. The van der Waals surface area contributed by atoms with Gasteiger partial charge < -0.3 is 9.26 Å². The van der Waals surface area contributed by atoms with Crippen LogP contribution in [-0.4, -0.2) is 26.7 Å². The van der Waals surface area contributed by atoms with Gasteiger partial charge in [-0.1, -0.05) is 11.2 Å². The molecule has 1 aromatic carbocycles. The number of benzene rings is 1. The van der Waals surface area contributed by atoms with Crippen LogP contribution in [-0.2, 0) is 14.8 Å². The number of methoxy groups -OCH3 is 1. The first kappa shape index (κ1) is 16.0. The van der Waals surface area contributed by atoms with Gasteiger partial charge >= 0.3 is 5.97 Å². The molecule has 0 amide bonds. The molecule has 0 fully saturated rings. The van der Waals surface area contributed by atoms with Gasteiger partial charge in [-0.25, -0.2) is 13.2 Å². The number of carbonyl (C=O) groups excluding carboxylic acids is 1. The highest BCUT2D eigenvalue weighted by atomic mass is 32.2. The fraction of sp³-hybridized carbons (Fsp3) is 0.286. The Balaban J connectivity index is 2.44. The number of aromatic nitrogens is 1. The maximum absolute atomic E-state index is 12.5. The van der Waals surface area contributed by atoms with Gasteiger partial charge in [-0.3, -0.25) is 4.72 Å². The third-order valence-electron chi connectivity index (χ3n) is 3.14. The Bertz CT molecular complexity index is 804. The average Bonchev–Trinajstić information content (AvgIpc) is 2.80. The van der Waals surface area contributed by atoms with Crippen LogP contribution in [0.5, 0.6) is 0 Å². The Labute approximate surface area is 128 Å². The van der Waals surface area contributed by atoms with Crippen molar-refractivity contribution in [3.63, 3.8) is 0 Å². The summed E-state index contributed by atoms with van der Waals surface area (Å²) in [5, 5.41) is 3.64. The molecule has 0 saturated heterocycles. The number of sulfonamides is 1. The molecule has 0 spiro atoms. The van der Waals surface area contributed by atoms with Crippen molar-refractivity contribution in [1.82, 2.24) is 5.16 Å². The van der Waals surface area contributed by atoms with Gasteiger partial charge in [-0.15, -0.1) is 0 Å². The van der Waals surface area contributed by atoms with Gasteiger partial charge in [0.25, 0.3) is 10.0 Å². The van der Waals surface area contributed by atoms with E-state index in [-0.39, 0.29) is 21.9 Å². The topological polar surface area (TPSA) is 98.5 Å². The van der Waals surface area contributed by atoms with Crippen molar-refractivity contribution in [1.29, 1.82) is 0 Å². The zero-order valence-corrected chi connectivity index (χ0v) is 13.4. The highest BCUT2D eigenvalue weighted by Crippen LogP contribution is 2.25. The molecule has 8 heteroatoms. The molecule has 0 aliphatic heterocycles. The van der Waals surface area contributed by atoms with Crippen molar-refractivity contribution in [2.45, 2.75) is 25.7 Å². The summed E-state index contributed by atoms with van der Waals surface area (Å²) in [7, 11) is -2.60. The van der Waals surface area contributed by atoms with E-state index in [1.54, 1.807) is 26.0 Å². The molecule has 1 aromatic heterocycles. The molecule has 1 heterocycles. The normalized spacial score (nSPS) is 11.3. The molecule has 0 unspecified atom stereocenters. The van der Waals surface area contributed by atoms with E-state index in [1.807, 2.05) is 0 Å². The minimum atomic E-state index is -3.86. The molecule has 22 heavy (non-hydrogen) atoms. The predicted molar refractivity (Wildman–Crippen MR) is 79.3 cm³/mol. The van der Waals surface area contributed by atoms with Gasteiger partial charge in [0.05, 0.1) is 18.4 Å². The van der Waals surface area contributed by atoms with Crippen LogP contribution in [0.25, 0.3) is 0 Å². The Morgan fingerprint density at radius 1 is 1.27 bits per heavy atom. The van der Waals surface area contributed by atoms with Crippen LogP contribution in [0, 0.1) is 20.8 Å². The summed E-state index contributed by atoms with van der Waals surface area (Å²) in [5.74, 6) is -0.343. The van der Waals surface area contributed by atoms with Crippen LogP contribution in [0.15, 0.2) is 27.6 Å². The summed E-state index contributed by atoms with van der Waals surface area (Å²) in [6, 6.07) is 4.63. The molecule has 0 radical (unpaired) electrons. The fourth-order valence-corrected chi connectivity index (χ4v) is 3.48. The number of nitrogens with one attached hydrogen (secondary N) is 1. The average molecular weight is 324 g/mol. The smallest absolute Gasteiger partial charge is 0.337 e. The SMILES string of the molecule is COC(=O)c1ccc(C)c(NS(=O)(=O)c2c(C)noc2C)c1. The summed E-state index contributed by atoms with van der Waals surface area (Å²) >= 11 is 0. The molecule has 0 aliphatic rings. The highest BCUT2D eigenvalue weighted by Gasteiger charge is 2.25. The Morgan fingerprint density at radius 2 is 1.95 bits per heavy atom. The lowest BCUT2D eigenvalue weighted by atomic mass is 10.1. The van der Waals surface area contributed by atoms with Gasteiger partial charge in [-0.2, -0.15) is 0 Å². The zero-order chi connectivity index (χ0) is 16.5. The van der Waals surface area contributed by atoms with E-state index in [1.165, 1.54) is 20.1 Å². The molecule has 7 nitrogen and oxygen atoms in total. The molecule has 1 N–H and O–H groups in total. The molecule has 0 bridgehead atoms. The van der Waals surface area contributed by atoms with Gasteiger partial charge in [-0.05, 0) is 38.5 Å². The first-order valence-electron chi connectivity index (χ1n) is 6.41. The fourth-order valence-electron chi connectivity index (χ4n) is 2.03. The lowest BCUT2D eigenvalue weighted by Crippen LogP contribution is -2.16. The van der Waals surface area contributed by atoms with Gasteiger partial charge in [0.1, 0.15) is 5.69 Å². The number of nitrogens with zero attached hydrogens (tertiary/aromatic N) is 1. The van der Waals surface area contributed by atoms with Gasteiger partial charge in [0.2, 0.25) is 0 Å². The summed E-state index contributed by atoms with van der Waals surface area (Å²) in [6.45, 7) is 4.79. The standard InChI is InChI=1S/C14H16N2O5S/c1-8-5-6-11(14(17)20-4)7-12(8)16-22(18,19)13-9(2)15-21-10(13)3/h5-7,16H,1-4H3. The summed E-state index contributed by atoms with van der Waals surface area (Å²) in [5.41, 5.74) is 1.49. The summed E-state index contributed by atoms with van der Waals surface area (Å²) < 4.78 is 36.9. The van der Waals surface area contributed by atoms with Crippen molar-refractivity contribution in [2.75, 3.05) is 11.8 Å². The third-order valence-corrected chi connectivity index (χ3v) is 4.75. The number of hydrogen-bond donors (Lipinski definition) is 1. The first-order chi connectivity index (χ1) is 10.3. The van der Waals surface area contributed by atoms with Crippen molar-refractivity contribution in [3.05, 3.63) is 40.8 Å². The molecule has 2 aromatic rings. The molecule has 0 atom stereocenters. The van der Waals surface area contributed by atoms with E-state index >= 15 is 0 Å². The lowest BCUT2D eigenvalue weighted by Gasteiger charge is -2.11. The van der Waals surface area contributed by atoms with Crippen molar-refractivity contribution < 1.29 is 22.5 Å². The van der Waals surface area contributed by atoms with E-state index in [0.717, 1.165) is 0 Å². The number of hydrogen-bond acceptors (Lipinski definition) is 6. The summed E-state index contributed by atoms with van der Waals surface area (Å²) in [4.78, 5) is 11.6. The minimum absolute atomic E-state index is 0.00429. The van der Waals surface area contributed by atoms with Crippen molar-refractivity contribution >= 4 is 21.7 Å². The highest BCUT2D eigenvalue weighted by molar-refractivity contribution is 7.92. The maximum atomic E-state index is 12.5. The van der Waals surface area contributed by atoms with Crippen LogP contribution in [0.4, 0.5) is 5.69 Å². The van der Waals surface area contributed by atoms with Crippen LogP contribution < -0.4 is 4.72 Å². The first-order valence-corrected chi connectivity index (χ1v) is 7.89. The predicted octanol–water partition coefficient (Wildman–Crippen LogP) is 2.19. The second-order valence-electron chi connectivity index (χ2n) is 4.78. The lowest BCUT2D eigenvalue weighted by molar-refractivity contribution is 0.0601. The monoisotopic (exact) mass is 324 g/mol. The molecular weight excluding hydrogens is 308 g/mol. The largest absolute Gasteiger partial charge is 0.465 e. The Kier molecular flexibility index (Phi) is 4.23. The van der Waals surface area contributed by atoms with E-state index in [2.05, 4.69) is 14.6 Å². The van der Waals surface area contributed by atoms with Crippen LogP contribution in [0.3, 0.4) is 0 Å². The van der Waals surface area contributed by atoms with Crippen LogP contribution >= 0.6 is 0 Å². The molecule has 118 valence electrons. The molecule has 0 saturated carbocycles. The van der Waals surface area contributed by atoms with Gasteiger partial charge in [0, 0.05) is 0 Å². The molecule has 2 rings (SSSR count). The van der Waals surface area contributed by atoms with Crippen molar-refractivity contribution in [3.8, 4) is 0 Å². The van der Waals surface area contributed by atoms with Gasteiger partial charge in [0.15, 0.2) is 10.7 Å². The zero-order valence-electron chi connectivity index (χ0n) is 12.6. The van der Waals surface area contributed by atoms with E-state index < -0.39 is 16.0 Å². The van der Waals surface area contributed by atoms with Crippen molar-refractivity contribution in [2.24, 2.45) is 0 Å². The van der Waals surface area contributed by atoms with E-state index in [9.17, 15) is 13.2 Å². The van der Waals surface area contributed by atoms with Crippen LogP contribution in [0.2, 0.25) is 0 Å². The number of aryl methyl sites for hydroxylation is 3. The number of esters is 1. The van der Waals surface area contributed by atoms with Crippen LogP contribution in [0.1, 0.15) is 27.4 Å². The second kappa shape index (κ2) is 5.80. The number of anilines is 1. The summed E-state index contributed by atoms with van der Waals surface area (Å²) in [6.07, 6.45) is 0. The number of carbonyl (C=O) groups is 1. The molecule has 0 aliphatic carbocycles. The van der Waals surface area contributed by atoms with E-state index in [0.29, 0.717) is 11.3 Å². The third kappa shape index (κ3) is 2.96. The van der Waals surface area contributed by atoms with E-state index in [4.69, 9.17) is 4.52 Å². The Morgan fingerprint density at radius 3 is 2.50 bits per heavy atom.